The molecule has 0 aliphatic carbocycles. The van der Waals surface area contributed by atoms with Crippen LogP contribution in [0.15, 0.2) is 83.1 Å². The molecule has 3 amide bonds. The number of rotatable bonds is 10. The Morgan fingerprint density at radius 1 is 1.07 bits per heavy atom. The van der Waals surface area contributed by atoms with Crippen LogP contribution >= 0.6 is 11.6 Å². The number of likely N-dealkylation sites (tertiary alicyclic amines) is 1. The first-order valence-electron chi connectivity index (χ1n) is 13.4. The van der Waals surface area contributed by atoms with E-state index in [1.165, 1.54) is 29.0 Å². The van der Waals surface area contributed by atoms with Crippen molar-refractivity contribution in [2.75, 3.05) is 25.0 Å². The van der Waals surface area contributed by atoms with Crippen LogP contribution in [-0.2, 0) is 11.3 Å². The topological polar surface area (TPSA) is 126 Å². The van der Waals surface area contributed by atoms with Gasteiger partial charge in [-0.1, -0.05) is 49.8 Å². The average Bonchev–Trinajstić information content (AvgIpc) is 2.95. The van der Waals surface area contributed by atoms with Gasteiger partial charge in [0, 0.05) is 54.3 Å². The van der Waals surface area contributed by atoms with Gasteiger partial charge >= 0.3 is 0 Å². The second-order valence-electron chi connectivity index (χ2n) is 10.9. The molecule has 0 aromatic carbocycles. The van der Waals surface area contributed by atoms with Crippen LogP contribution < -0.4 is 16.2 Å². The van der Waals surface area contributed by atoms with Crippen molar-refractivity contribution in [2.24, 2.45) is 5.41 Å². The number of allylic oxidation sites excluding steroid dienone is 4. The molecule has 0 unspecified atom stereocenters. The molecule has 1 fully saturated rings. The minimum absolute atomic E-state index is 0.000274. The van der Waals surface area contributed by atoms with Crippen molar-refractivity contribution in [3.05, 3.63) is 99.7 Å². The summed E-state index contributed by atoms with van der Waals surface area (Å²) in [5.74, 6) is -1.35. The fraction of sp³-hybridized carbons (Fsp3) is 0.290. The maximum atomic E-state index is 13.6. The second-order valence-corrected chi connectivity index (χ2v) is 11.4. The first-order valence-corrected chi connectivity index (χ1v) is 13.8. The normalized spacial score (nSPS) is 14.7. The molecule has 0 bridgehead atoms. The number of aromatic nitrogens is 3. The van der Waals surface area contributed by atoms with E-state index in [1.807, 2.05) is 13.0 Å². The third-order valence-corrected chi connectivity index (χ3v) is 7.11. The summed E-state index contributed by atoms with van der Waals surface area (Å²) in [7, 11) is 0. The van der Waals surface area contributed by atoms with E-state index in [0.717, 1.165) is 5.57 Å². The molecule has 1 aliphatic rings. The molecule has 4 rings (SSSR count). The molecule has 10 nitrogen and oxygen atoms in total. The van der Waals surface area contributed by atoms with E-state index in [1.54, 1.807) is 35.5 Å². The lowest BCUT2D eigenvalue weighted by atomic mass is 9.84. The number of carbonyl (C=O) groups excluding carboxylic acids is 3. The molecule has 0 atom stereocenters. The SMILES string of the molecule is C=CC(Cl)=CC=C(C)CCNC(=O)c1cc2c(C(=O)Nc3ccncc3)ccnc2n(CC(=O)N2CC(C)(C)C2)c1=O. The Labute approximate surface area is 248 Å². The molecule has 3 aromatic heterocycles. The van der Waals surface area contributed by atoms with Gasteiger partial charge in [-0.05, 0) is 49.1 Å². The number of carbonyl (C=O) groups is 3. The number of hydrogen-bond donors (Lipinski definition) is 2. The highest BCUT2D eigenvalue weighted by atomic mass is 35.5. The van der Waals surface area contributed by atoms with Crippen molar-refractivity contribution in [3.63, 3.8) is 0 Å². The Kier molecular flexibility index (Phi) is 9.37. The molecule has 218 valence electrons. The smallest absolute Gasteiger partial charge is 0.265 e. The molecule has 4 heterocycles. The number of amides is 3. The van der Waals surface area contributed by atoms with Gasteiger partial charge in [0.2, 0.25) is 5.91 Å². The van der Waals surface area contributed by atoms with Gasteiger partial charge in [0.05, 0.1) is 5.56 Å². The highest BCUT2D eigenvalue weighted by Crippen LogP contribution is 2.29. The van der Waals surface area contributed by atoms with E-state index in [2.05, 4.69) is 41.0 Å². The van der Waals surface area contributed by atoms with Crippen LogP contribution in [-0.4, -0.2) is 56.8 Å². The molecule has 3 aromatic rings. The summed E-state index contributed by atoms with van der Waals surface area (Å²) in [5.41, 5.74) is 0.948. The lowest BCUT2D eigenvalue weighted by molar-refractivity contribution is -0.142. The van der Waals surface area contributed by atoms with Crippen LogP contribution in [0, 0.1) is 5.41 Å². The number of pyridine rings is 3. The predicted octanol–water partition coefficient (Wildman–Crippen LogP) is 4.29. The van der Waals surface area contributed by atoms with Gasteiger partial charge < -0.3 is 15.5 Å². The summed E-state index contributed by atoms with van der Waals surface area (Å²) in [6.45, 7) is 10.7. The average molecular weight is 589 g/mol. The van der Waals surface area contributed by atoms with Crippen LogP contribution in [0.25, 0.3) is 11.0 Å². The van der Waals surface area contributed by atoms with Crippen LogP contribution in [0.5, 0.6) is 0 Å². The highest BCUT2D eigenvalue weighted by Gasteiger charge is 2.37. The van der Waals surface area contributed by atoms with Crippen LogP contribution in [0.3, 0.4) is 0 Å². The predicted molar refractivity (Wildman–Crippen MR) is 163 cm³/mol. The molecular formula is C31H33ClN6O4. The number of fused-ring (bicyclic) bond motifs is 1. The largest absolute Gasteiger partial charge is 0.352 e. The molecular weight excluding hydrogens is 556 g/mol. The lowest BCUT2D eigenvalue weighted by Gasteiger charge is -2.45. The minimum Gasteiger partial charge on any atom is -0.352 e. The van der Waals surface area contributed by atoms with Crippen molar-refractivity contribution in [3.8, 4) is 0 Å². The summed E-state index contributed by atoms with van der Waals surface area (Å²) in [6.07, 6.45) is 10.0. The minimum atomic E-state index is -0.666. The van der Waals surface area contributed by atoms with Gasteiger partial charge in [-0.2, -0.15) is 0 Å². The van der Waals surface area contributed by atoms with E-state index in [0.29, 0.717) is 30.2 Å². The number of hydrogen-bond acceptors (Lipinski definition) is 6. The second kappa shape index (κ2) is 12.9. The van der Waals surface area contributed by atoms with Crippen molar-refractivity contribution >= 4 is 46.0 Å². The maximum Gasteiger partial charge on any atom is 0.265 e. The maximum absolute atomic E-state index is 13.6. The van der Waals surface area contributed by atoms with Crippen LogP contribution in [0.4, 0.5) is 5.69 Å². The molecule has 42 heavy (non-hydrogen) atoms. The zero-order valence-corrected chi connectivity index (χ0v) is 24.6. The van der Waals surface area contributed by atoms with E-state index in [9.17, 15) is 19.2 Å². The third-order valence-electron chi connectivity index (χ3n) is 6.83. The number of halogens is 1. The molecule has 11 heteroatoms. The van der Waals surface area contributed by atoms with E-state index < -0.39 is 17.4 Å². The van der Waals surface area contributed by atoms with E-state index >= 15 is 0 Å². The van der Waals surface area contributed by atoms with E-state index in [-0.39, 0.29) is 46.6 Å². The van der Waals surface area contributed by atoms with Crippen molar-refractivity contribution < 1.29 is 14.4 Å². The Balaban J connectivity index is 1.68. The highest BCUT2D eigenvalue weighted by molar-refractivity contribution is 6.31. The summed E-state index contributed by atoms with van der Waals surface area (Å²) in [5, 5.41) is 6.32. The molecule has 0 spiro atoms. The van der Waals surface area contributed by atoms with Crippen molar-refractivity contribution in [1.29, 1.82) is 0 Å². The standard InChI is InChI=1S/C31H33ClN6O4/c1-5-21(32)7-6-20(2)8-14-35-28(40)25-16-24-23(29(41)36-22-9-12-33-13-10-22)11-15-34-27(24)38(30(25)42)17-26(39)37-18-31(3,4)19-37/h5-7,9-13,15-16H,1,8,14,17-19H2,2-4H3,(H,35,40)(H,33,36,41). The number of nitrogens with zero attached hydrogens (tertiary/aromatic N) is 4. The Hall–Kier alpha value is -4.57. The van der Waals surface area contributed by atoms with Gasteiger partial charge in [0.15, 0.2) is 0 Å². The number of nitrogens with one attached hydrogen (secondary N) is 2. The van der Waals surface area contributed by atoms with Gasteiger partial charge in [-0.25, -0.2) is 4.98 Å². The molecule has 1 saturated heterocycles. The molecule has 0 radical (unpaired) electrons. The zero-order chi connectivity index (χ0) is 30.4. The summed E-state index contributed by atoms with van der Waals surface area (Å²) < 4.78 is 1.17. The summed E-state index contributed by atoms with van der Waals surface area (Å²) in [6, 6.07) is 6.15. The quantitative estimate of drug-likeness (QED) is 0.340. The molecule has 0 saturated carbocycles. The van der Waals surface area contributed by atoms with Crippen molar-refractivity contribution in [2.45, 2.75) is 33.7 Å². The molecule has 1 aliphatic heterocycles. The fourth-order valence-electron chi connectivity index (χ4n) is 4.65. The lowest BCUT2D eigenvalue weighted by Crippen LogP contribution is -2.56. The fourth-order valence-corrected chi connectivity index (χ4v) is 4.71. The van der Waals surface area contributed by atoms with Gasteiger partial charge in [0.25, 0.3) is 17.4 Å². The Morgan fingerprint density at radius 2 is 1.79 bits per heavy atom. The van der Waals surface area contributed by atoms with E-state index in [4.69, 9.17) is 11.6 Å². The van der Waals surface area contributed by atoms with Gasteiger partial charge in [-0.15, -0.1) is 0 Å². The van der Waals surface area contributed by atoms with Gasteiger partial charge in [0.1, 0.15) is 17.8 Å². The first kappa shape index (κ1) is 30.4. The summed E-state index contributed by atoms with van der Waals surface area (Å²) in [4.78, 5) is 63.3. The Morgan fingerprint density at radius 3 is 2.45 bits per heavy atom. The zero-order valence-electron chi connectivity index (χ0n) is 23.8. The summed E-state index contributed by atoms with van der Waals surface area (Å²) >= 11 is 5.94. The van der Waals surface area contributed by atoms with Crippen LogP contribution in [0.2, 0.25) is 0 Å². The van der Waals surface area contributed by atoms with Gasteiger partial charge in [-0.3, -0.25) is 28.7 Å². The van der Waals surface area contributed by atoms with Crippen molar-refractivity contribution in [1.82, 2.24) is 24.8 Å². The molecule has 2 N–H and O–H groups in total. The van der Waals surface area contributed by atoms with Crippen LogP contribution in [0.1, 0.15) is 47.9 Å². The third kappa shape index (κ3) is 7.19. The monoisotopic (exact) mass is 588 g/mol. The first-order chi connectivity index (χ1) is 20.0. The number of anilines is 1. The Bertz CT molecular complexity index is 1650.